The molecule has 2 rings (SSSR count). The van der Waals surface area contributed by atoms with Crippen LogP contribution in [-0.2, 0) is 4.74 Å². The predicted octanol–water partition coefficient (Wildman–Crippen LogP) is 1.94. The first-order valence-electron chi connectivity index (χ1n) is 7.17. The lowest BCUT2D eigenvalue weighted by molar-refractivity contribution is -0.000498. The van der Waals surface area contributed by atoms with Gasteiger partial charge in [0.15, 0.2) is 0 Å². The Bertz CT molecular complexity index is 228. The van der Waals surface area contributed by atoms with Crippen LogP contribution in [0.2, 0.25) is 0 Å². The van der Waals surface area contributed by atoms with Crippen LogP contribution in [0.25, 0.3) is 0 Å². The Labute approximate surface area is 105 Å². The lowest BCUT2D eigenvalue weighted by atomic mass is 9.73. The van der Waals surface area contributed by atoms with Crippen LogP contribution < -0.4 is 5.32 Å². The van der Waals surface area contributed by atoms with Gasteiger partial charge in [0.25, 0.3) is 0 Å². The molecule has 0 aromatic rings. The molecule has 1 aliphatic carbocycles. The van der Waals surface area contributed by atoms with Crippen molar-refractivity contribution in [2.24, 2.45) is 11.3 Å². The van der Waals surface area contributed by atoms with Crippen LogP contribution >= 0.6 is 0 Å². The molecule has 1 heterocycles. The highest BCUT2D eigenvalue weighted by atomic mass is 16.5. The zero-order chi connectivity index (χ0) is 12.1. The summed E-state index contributed by atoms with van der Waals surface area (Å²) < 4.78 is 5.37. The van der Waals surface area contributed by atoms with Crippen LogP contribution in [-0.4, -0.2) is 37.5 Å². The summed E-state index contributed by atoms with van der Waals surface area (Å²) in [6.45, 7) is 6.13. The molecule has 0 bridgehead atoms. The van der Waals surface area contributed by atoms with E-state index in [2.05, 4.69) is 12.2 Å². The highest BCUT2D eigenvalue weighted by Crippen LogP contribution is 2.35. The fourth-order valence-corrected chi connectivity index (χ4v) is 3.10. The Hall–Kier alpha value is -0.120. The second-order valence-corrected chi connectivity index (χ2v) is 6.10. The number of ether oxygens (including phenoxy) is 1. The van der Waals surface area contributed by atoms with Crippen molar-refractivity contribution in [3.8, 4) is 0 Å². The Kier molecular flexibility index (Phi) is 4.83. The Morgan fingerprint density at radius 3 is 2.71 bits per heavy atom. The van der Waals surface area contributed by atoms with Crippen LogP contribution in [0.4, 0.5) is 0 Å². The average molecular weight is 241 g/mol. The fourth-order valence-electron chi connectivity index (χ4n) is 3.10. The minimum Gasteiger partial charge on any atom is -0.393 e. The molecular formula is C14H27NO2. The van der Waals surface area contributed by atoms with Crippen molar-refractivity contribution in [1.82, 2.24) is 5.32 Å². The maximum absolute atomic E-state index is 10.1. The maximum atomic E-state index is 10.1. The van der Waals surface area contributed by atoms with Gasteiger partial charge in [-0.05, 0) is 38.1 Å². The fraction of sp³-hybridized carbons (Fsp3) is 1.00. The highest BCUT2D eigenvalue weighted by molar-refractivity contribution is 4.88. The number of nitrogens with one attached hydrogen (secondary N) is 1. The number of aliphatic hydroxyl groups excluding tert-OH is 1. The first kappa shape index (κ1) is 13.3. The molecule has 2 aliphatic rings. The average Bonchev–Trinajstić information content (AvgIpc) is 2.35. The number of aliphatic hydroxyl groups is 1. The van der Waals surface area contributed by atoms with Gasteiger partial charge in [-0.2, -0.15) is 0 Å². The molecule has 3 heteroatoms. The van der Waals surface area contributed by atoms with Crippen LogP contribution in [0, 0.1) is 11.3 Å². The van der Waals surface area contributed by atoms with Gasteiger partial charge in [-0.3, -0.25) is 0 Å². The van der Waals surface area contributed by atoms with Crippen LogP contribution in [0.5, 0.6) is 0 Å². The highest BCUT2D eigenvalue weighted by Gasteiger charge is 2.34. The largest absolute Gasteiger partial charge is 0.393 e. The quantitative estimate of drug-likeness (QED) is 0.790. The van der Waals surface area contributed by atoms with E-state index in [1.165, 1.54) is 25.7 Å². The third-order valence-electron chi connectivity index (χ3n) is 4.58. The maximum Gasteiger partial charge on any atom is 0.0605 e. The van der Waals surface area contributed by atoms with E-state index >= 15 is 0 Å². The van der Waals surface area contributed by atoms with Crippen molar-refractivity contribution < 1.29 is 9.84 Å². The van der Waals surface area contributed by atoms with Gasteiger partial charge in [0.2, 0.25) is 0 Å². The van der Waals surface area contributed by atoms with Gasteiger partial charge < -0.3 is 15.2 Å². The standard InChI is InChI=1S/C14H27NO2/c1-14(7-3-2-4-13(14)16)11-15-10-12-5-8-17-9-6-12/h12-13,15-16H,2-11H2,1H3. The molecule has 2 fully saturated rings. The van der Waals surface area contributed by atoms with E-state index in [4.69, 9.17) is 4.74 Å². The number of hydrogen-bond acceptors (Lipinski definition) is 3. The Morgan fingerprint density at radius 1 is 1.24 bits per heavy atom. The number of hydrogen-bond donors (Lipinski definition) is 2. The lowest BCUT2D eigenvalue weighted by Crippen LogP contribution is -2.44. The van der Waals surface area contributed by atoms with Gasteiger partial charge in [-0.1, -0.05) is 19.8 Å². The summed E-state index contributed by atoms with van der Waals surface area (Å²) >= 11 is 0. The smallest absolute Gasteiger partial charge is 0.0605 e. The van der Waals surface area contributed by atoms with E-state index in [-0.39, 0.29) is 11.5 Å². The van der Waals surface area contributed by atoms with E-state index in [1.807, 2.05) is 0 Å². The minimum absolute atomic E-state index is 0.101. The van der Waals surface area contributed by atoms with Crippen molar-refractivity contribution in [3.63, 3.8) is 0 Å². The van der Waals surface area contributed by atoms with Gasteiger partial charge >= 0.3 is 0 Å². The molecule has 1 saturated heterocycles. The molecule has 2 unspecified atom stereocenters. The summed E-state index contributed by atoms with van der Waals surface area (Å²) in [6, 6.07) is 0. The number of rotatable bonds is 4. The zero-order valence-corrected chi connectivity index (χ0v) is 11.1. The summed E-state index contributed by atoms with van der Waals surface area (Å²) in [5.41, 5.74) is 0.101. The molecule has 100 valence electrons. The molecule has 17 heavy (non-hydrogen) atoms. The van der Waals surface area contributed by atoms with E-state index in [0.717, 1.165) is 45.1 Å². The van der Waals surface area contributed by atoms with Gasteiger partial charge in [-0.15, -0.1) is 0 Å². The van der Waals surface area contributed by atoms with Crippen LogP contribution in [0.1, 0.15) is 45.4 Å². The van der Waals surface area contributed by atoms with Crippen molar-refractivity contribution >= 4 is 0 Å². The van der Waals surface area contributed by atoms with Crippen LogP contribution in [0.3, 0.4) is 0 Å². The van der Waals surface area contributed by atoms with Gasteiger partial charge in [0.05, 0.1) is 6.10 Å². The summed E-state index contributed by atoms with van der Waals surface area (Å²) in [6.07, 6.45) is 6.87. The van der Waals surface area contributed by atoms with Crippen molar-refractivity contribution in [1.29, 1.82) is 0 Å². The van der Waals surface area contributed by atoms with E-state index in [9.17, 15) is 5.11 Å². The second-order valence-electron chi connectivity index (χ2n) is 6.10. The molecule has 0 spiro atoms. The molecule has 1 saturated carbocycles. The molecule has 2 N–H and O–H groups in total. The van der Waals surface area contributed by atoms with E-state index < -0.39 is 0 Å². The summed E-state index contributed by atoms with van der Waals surface area (Å²) in [5.74, 6) is 0.771. The predicted molar refractivity (Wildman–Crippen MR) is 69.0 cm³/mol. The first-order chi connectivity index (χ1) is 8.21. The zero-order valence-electron chi connectivity index (χ0n) is 11.1. The summed E-state index contributed by atoms with van der Waals surface area (Å²) in [4.78, 5) is 0. The molecule has 0 aromatic heterocycles. The third-order valence-corrected chi connectivity index (χ3v) is 4.58. The monoisotopic (exact) mass is 241 g/mol. The minimum atomic E-state index is -0.113. The van der Waals surface area contributed by atoms with Crippen molar-refractivity contribution in [3.05, 3.63) is 0 Å². The topological polar surface area (TPSA) is 41.5 Å². The third kappa shape index (κ3) is 3.67. The lowest BCUT2D eigenvalue weighted by Gasteiger charge is -2.39. The van der Waals surface area contributed by atoms with E-state index in [0.29, 0.717) is 0 Å². The Morgan fingerprint density at radius 2 is 2.00 bits per heavy atom. The SMILES string of the molecule is CC1(CNCC2CCOCC2)CCCCC1O. The summed E-state index contributed by atoms with van der Waals surface area (Å²) in [7, 11) is 0. The van der Waals surface area contributed by atoms with Gasteiger partial charge in [0, 0.05) is 25.2 Å². The molecule has 0 aromatic carbocycles. The second kappa shape index (κ2) is 6.17. The normalized spacial score (nSPS) is 36.0. The molecule has 2 atom stereocenters. The molecule has 3 nitrogen and oxygen atoms in total. The van der Waals surface area contributed by atoms with Crippen molar-refractivity contribution in [2.45, 2.75) is 51.6 Å². The molecule has 1 aliphatic heterocycles. The van der Waals surface area contributed by atoms with Gasteiger partial charge in [-0.25, -0.2) is 0 Å². The first-order valence-corrected chi connectivity index (χ1v) is 7.17. The molecule has 0 amide bonds. The van der Waals surface area contributed by atoms with Crippen LogP contribution in [0.15, 0.2) is 0 Å². The molecule has 0 radical (unpaired) electrons. The van der Waals surface area contributed by atoms with Crippen molar-refractivity contribution in [2.75, 3.05) is 26.3 Å². The molecular weight excluding hydrogens is 214 g/mol. The van der Waals surface area contributed by atoms with E-state index in [1.54, 1.807) is 0 Å². The Balaban J connectivity index is 1.69. The van der Waals surface area contributed by atoms with Gasteiger partial charge in [0.1, 0.15) is 0 Å². The summed E-state index contributed by atoms with van der Waals surface area (Å²) in [5, 5.41) is 13.7.